The summed E-state index contributed by atoms with van der Waals surface area (Å²) in [7, 11) is -3.71. The number of rotatable bonds is 8. The first-order valence-electron chi connectivity index (χ1n) is 11.7. The van der Waals surface area contributed by atoms with Crippen LogP contribution >= 0.6 is 0 Å². The normalized spacial score (nSPS) is 12.7. The van der Waals surface area contributed by atoms with Gasteiger partial charge in [-0.2, -0.15) is 0 Å². The minimum atomic E-state index is -3.71. The number of primary amides is 1. The van der Waals surface area contributed by atoms with Crippen molar-refractivity contribution in [1.82, 2.24) is 9.29 Å². The van der Waals surface area contributed by atoms with Crippen LogP contribution in [0.3, 0.4) is 0 Å². The topological polar surface area (TPSA) is 94.2 Å². The van der Waals surface area contributed by atoms with Gasteiger partial charge in [0.1, 0.15) is 0 Å². The lowest BCUT2D eigenvalue weighted by molar-refractivity contribution is 0.100. The van der Waals surface area contributed by atoms with Gasteiger partial charge in [-0.15, -0.1) is 0 Å². The fourth-order valence-electron chi connectivity index (χ4n) is 4.90. The second-order valence-electron chi connectivity index (χ2n) is 9.08. The molecule has 0 aliphatic rings. The molecule has 0 unspecified atom stereocenters. The average molecular weight is 490 g/mol. The van der Waals surface area contributed by atoms with Crippen molar-refractivity contribution in [2.24, 2.45) is 5.73 Å². The number of para-hydroxylation sites is 1. The number of fused-ring (bicyclic) bond motifs is 1. The summed E-state index contributed by atoms with van der Waals surface area (Å²) < 4.78 is 31.7. The number of carbonyl (C=O) groups is 1. The monoisotopic (exact) mass is 489 g/mol. The van der Waals surface area contributed by atoms with Gasteiger partial charge in [0, 0.05) is 40.8 Å². The number of benzene rings is 3. The molecule has 0 aliphatic carbocycles. The largest absolute Gasteiger partial charge is 0.366 e. The number of amides is 1. The summed E-state index contributed by atoms with van der Waals surface area (Å²) in [5.74, 6) is -0.486. The lowest BCUT2D eigenvalue weighted by atomic mass is 9.99. The molecule has 1 heterocycles. The number of nitrogens with one attached hydrogen (secondary N) is 1. The predicted octanol–water partition coefficient (Wildman–Crippen LogP) is 5.09. The van der Waals surface area contributed by atoms with Crippen molar-refractivity contribution in [3.8, 4) is 11.1 Å². The van der Waals surface area contributed by atoms with Gasteiger partial charge < -0.3 is 10.3 Å². The molecule has 3 N–H and O–H groups in total. The number of nitrogens with two attached hydrogens (primary N) is 1. The van der Waals surface area contributed by atoms with Crippen LogP contribution in [0.1, 0.15) is 40.4 Å². The highest BCUT2D eigenvalue weighted by molar-refractivity contribution is 7.89. The van der Waals surface area contributed by atoms with E-state index in [1.54, 1.807) is 12.1 Å². The quantitative estimate of drug-likeness (QED) is 0.361. The molecule has 0 saturated heterocycles. The summed E-state index contributed by atoms with van der Waals surface area (Å²) in [4.78, 5) is 12.4. The summed E-state index contributed by atoms with van der Waals surface area (Å²) >= 11 is 0. The maximum Gasteiger partial charge on any atom is 0.249 e. The van der Waals surface area contributed by atoms with E-state index >= 15 is 0 Å². The molecule has 0 radical (unpaired) electrons. The van der Waals surface area contributed by atoms with Gasteiger partial charge >= 0.3 is 0 Å². The molecule has 0 saturated carbocycles. The number of aromatic nitrogens is 1. The van der Waals surface area contributed by atoms with E-state index in [2.05, 4.69) is 4.72 Å². The first-order chi connectivity index (χ1) is 16.6. The zero-order chi connectivity index (χ0) is 25.3. The minimum Gasteiger partial charge on any atom is -0.366 e. The Hall–Kier alpha value is -3.42. The third-order valence-electron chi connectivity index (χ3n) is 6.38. The van der Waals surface area contributed by atoms with Crippen molar-refractivity contribution in [1.29, 1.82) is 0 Å². The SMILES string of the molecule is CC[C@@H](Cn1cc(-c2ccccc2C(N)=O)c2ccccc21)NS(=O)(=O)c1c(C)cc(C)cc1C. The molecular formula is C28H31N3O3S. The van der Waals surface area contributed by atoms with E-state index < -0.39 is 15.9 Å². The molecule has 0 spiro atoms. The van der Waals surface area contributed by atoms with Gasteiger partial charge in [0.2, 0.25) is 15.9 Å². The van der Waals surface area contributed by atoms with E-state index in [1.807, 2.05) is 87.0 Å². The van der Waals surface area contributed by atoms with Crippen LogP contribution in [0.15, 0.2) is 71.8 Å². The van der Waals surface area contributed by atoms with E-state index in [-0.39, 0.29) is 6.04 Å². The molecule has 0 bridgehead atoms. The van der Waals surface area contributed by atoms with Gasteiger partial charge in [-0.25, -0.2) is 13.1 Å². The lowest BCUT2D eigenvalue weighted by Gasteiger charge is -2.20. The fourth-order valence-corrected chi connectivity index (χ4v) is 6.66. The minimum absolute atomic E-state index is 0.324. The van der Waals surface area contributed by atoms with Crippen molar-refractivity contribution in [2.75, 3.05) is 0 Å². The van der Waals surface area contributed by atoms with Crippen LogP contribution in [0.5, 0.6) is 0 Å². The van der Waals surface area contributed by atoms with Crippen molar-refractivity contribution in [2.45, 2.75) is 51.6 Å². The van der Waals surface area contributed by atoms with Crippen molar-refractivity contribution >= 4 is 26.8 Å². The summed E-state index contributed by atoms with van der Waals surface area (Å²) in [6.45, 7) is 8.04. The molecule has 1 aromatic heterocycles. The highest BCUT2D eigenvalue weighted by Crippen LogP contribution is 2.33. The Kier molecular flexibility index (Phi) is 6.83. The van der Waals surface area contributed by atoms with Crippen LogP contribution in [0.4, 0.5) is 0 Å². The van der Waals surface area contributed by atoms with E-state index in [0.717, 1.165) is 38.7 Å². The lowest BCUT2D eigenvalue weighted by Crippen LogP contribution is -2.38. The van der Waals surface area contributed by atoms with Gasteiger partial charge in [0.05, 0.1) is 4.90 Å². The number of carbonyl (C=O) groups excluding carboxylic acids is 1. The van der Waals surface area contributed by atoms with Crippen LogP contribution in [0.2, 0.25) is 0 Å². The second kappa shape index (κ2) is 9.68. The van der Waals surface area contributed by atoms with E-state index in [0.29, 0.717) is 23.4 Å². The third kappa shape index (κ3) is 4.88. The molecule has 7 heteroatoms. The average Bonchev–Trinajstić information content (AvgIpc) is 3.15. The standard InChI is InChI=1S/C28H31N3O3S/c1-5-21(30-35(33,34)27-19(3)14-18(2)15-20(27)4)16-31-17-25(23-11-8-9-13-26(23)31)22-10-6-7-12-24(22)28(29)32/h6-15,17,21,30H,5,16H2,1-4H3,(H2,29,32)/t21-/m0/s1. The van der Waals surface area contributed by atoms with Gasteiger partial charge in [-0.3, -0.25) is 4.79 Å². The fraction of sp³-hybridized carbons (Fsp3) is 0.250. The molecule has 35 heavy (non-hydrogen) atoms. The molecular weight excluding hydrogens is 458 g/mol. The first-order valence-corrected chi connectivity index (χ1v) is 13.2. The van der Waals surface area contributed by atoms with E-state index in [4.69, 9.17) is 5.73 Å². The maximum atomic E-state index is 13.4. The number of nitrogens with zero attached hydrogens (tertiary/aromatic N) is 1. The van der Waals surface area contributed by atoms with E-state index in [9.17, 15) is 13.2 Å². The third-order valence-corrected chi connectivity index (χ3v) is 8.20. The molecule has 1 atom stereocenters. The molecule has 1 amide bonds. The predicted molar refractivity (Wildman–Crippen MR) is 141 cm³/mol. The van der Waals surface area contributed by atoms with Gasteiger partial charge in [0.15, 0.2) is 0 Å². The van der Waals surface area contributed by atoms with E-state index in [1.165, 1.54) is 0 Å². The van der Waals surface area contributed by atoms with Gasteiger partial charge in [-0.05, 0) is 56.0 Å². The zero-order valence-corrected chi connectivity index (χ0v) is 21.3. The number of hydrogen-bond donors (Lipinski definition) is 2. The van der Waals surface area contributed by atoms with Crippen LogP contribution < -0.4 is 10.5 Å². The summed E-state index contributed by atoms with van der Waals surface area (Å²) in [6.07, 6.45) is 2.59. The molecule has 0 fully saturated rings. The Bertz CT molecular complexity index is 1500. The molecule has 4 aromatic rings. The number of hydrogen-bond acceptors (Lipinski definition) is 3. The Morgan fingerprint density at radius 2 is 1.60 bits per heavy atom. The van der Waals surface area contributed by atoms with Crippen LogP contribution in [-0.2, 0) is 16.6 Å². The van der Waals surface area contributed by atoms with Gasteiger partial charge in [-0.1, -0.05) is 61.0 Å². The molecule has 0 aliphatic heterocycles. The first kappa shape index (κ1) is 24.7. The molecule has 182 valence electrons. The summed E-state index contributed by atoms with van der Waals surface area (Å²) in [6, 6.07) is 18.6. The Balaban J connectivity index is 1.73. The van der Waals surface area contributed by atoms with Crippen molar-refractivity contribution in [3.63, 3.8) is 0 Å². The summed E-state index contributed by atoms with van der Waals surface area (Å²) in [5.41, 5.74) is 11.2. The van der Waals surface area contributed by atoms with Crippen LogP contribution in [0.25, 0.3) is 22.0 Å². The molecule has 4 rings (SSSR count). The van der Waals surface area contributed by atoms with Crippen molar-refractivity contribution < 1.29 is 13.2 Å². The maximum absolute atomic E-state index is 13.4. The smallest absolute Gasteiger partial charge is 0.249 e. The zero-order valence-electron chi connectivity index (χ0n) is 20.5. The van der Waals surface area contributed by atoms with Gasteiger partial charge in [0.25, 0.3) is 0 Å². The Morgan fingerprint density at radius 1 is 0.971 bits per heavy atom. The number of aryl methyl sites for hydroxylation is 3. The van der Waals surface area contributed by atoms with Crippen LogP contribution in [-0.4, -0.2) is 24.9 Å². The Labute approximate surface area is 206 Å². The molecule has 6 nitrogen and oxygen atoms in total. The Morgan fingerprint density at radius 3 is 2.26 bits per heavy atom. The highest BCUT2D eigenvalue weighted by atomic mass is 32.2. The second-order valence-corrected chi connectivity index (χ2v) is 10.7. The highest BCUT2D eigenvalue weighted by Gasteiger charge is 2.24. The van der Waals surface area contributed by atoms with Crippen LogP contribution in [0, 0.1) is 20.8 Å². The van der Waals surface area contributed by atoms with Crippen molar-refractivity contribution in [3.05, 3.63) is 89.1 Å². The molecule has 3 aromatic carbocycles. The summed E-state index contributed by atoms with van der Waals surface area (Å²) in [5, 5.41) is 0.976. The number of sulfonamides is 1.